The minimum atomic E-state index is 1.03. The van der Waals surface area contributed by atoms with Crippen molar-refractivity contribution in [1.29, 1.82) is 0 Å². The number of nitrogens with zero attached hydrogens (tertiary/aromatic N) is 2. The second-order valence-corrected chi connectivity index (χ2v) is 6.00. The topological polar surface area (TPSA) is 17.3 Å². The summed E-state index contributed by atoms with van der Waals surface area (Å²) in [6.07, 6.45) is 2.13. The largest absolute Gasteiger partial charge is 0.294 e. The zero-order valence-electron chi connectivity index (χ0n) is 11.7. The third kappa shape index (κ3) is 2.06. The number of thiazole rings is 1. The first kappa shape index (κ1) is 12.4. The highest BCUT2D eigenvalue weighted by Crippen LogP contribution is 2.33. The Balaban J connectivity index is 1.85. The fourth-order valence-electron chi connectivity index (χ4n) is 2.56. The van der Waals surface area contributed by atoms with Gasteiger partial charge in [-0.3, -0.25) is 4.40 Å². The SMILES string of the molecule is Cc1c(-c2ccccc2)sc2nc(-c3ccccc3)cn12. The fraction of sp³-hybridized carbons (Fsp3) is 0.0556. The lowest BCUT2D eigenvalue weighted by Gasteiger charge is -1.99. The first-order valence-electron chi connectivity index (χ1n) is 6.92. The molecule has 2 heterocycles. The maximum Gasteiger partial charge on any atom is 0.195 e. The molecule has 0 atom stereocenters. The second kappa shape index (κ2) is 4.86. The summed E-state index contributed by atoms with van der Waals surface area (Å²) in [4.78, 5) is 7.11. The molecule has 0 unspecified atom stereocenters. The molecule has 0 saturated heterocycles. The highest BCUT2D eigenvalue weighted by atomic mass is 32.1. The maximum atomic E-state index is 4.77. The van der Waals surface area contributed by atoms with E-state index in [1.807, 2.05) is 24.3 Å². The van der Waals surface area contributed by atoms with Crippen molar-refractivity contribution < 1.29 is 0 Å². The lowest BCUT2D eigenvalue weighted by Crippen LogP contribution is -1.83. The van der Waals surface area contributed by atoms with Crippen LogP contribution < -0.4 is 0 Å². The maximum absolute atomic E-state index is 4.77. The Labute approximate surface area is 127 Å². The molecule has 0 aliphatic carbocycles. The van der Waals surface area contributed by atoms with E-state index in [2.05, 4.69) is 53.9 Å². The van der Waals surface area contributed by atoms with Gasteiger partial charge in [-0.05, 0) is 12.5 Å². The molecule has 0 saturated carbocycles. The molecule has 21 heavy (non-hydrogen) atoms. The molecule has 2 aromatic heterocycles. The molecule has 3 heteroatoms. The zero-order valence-corrected chi connectivity index (χ0v) is 12.5. The molecule has 2 aromatic carbocycles. The molecule has 0 N–H and O–H groups in total. The van der Waals surface area contributed by atoms with Gasteiger partial charge in [-0.2, -0.15) is 0 Å². The van der Waals surface area contributed by atoms with E-state index >= 15 is 0 Å². The Bertz CT molecular complexity index is 889. The molecule has 0 fully saturated rings. The van der Waals surface area contributed by atoms with E-state index in [-0.39, 0.29) is 0 Å². The monoisotopic (exact) mass is 290 g/mol. The van der Waals surface area contributed by atoms with Crippen LogP contribution in [0.2, 0.25) is 0 Å². The zero-order chi connectivity index (χ0) is 14.2. The average Bonchev–Trinajstić information content (AvgIpc) is 3.09. The van der Waals surface area contributed by atoms with Crippen LogP contribution in [-0.4, -0.2) is 9.38 Å². The number of benzene rings is 2. The van der Waals surface area contributed by atoms with Crippen molar-refractivity contribution in [2.45, 2.75) is 6.92 Å². The molecule has 4 aromatic rings. The van der Waals surface area contributed by atoms with Crippen molar-refractivity contribution in [3.8, 4) is 21.7 Å². The normalized spacial score (nSPS) is 11.1. The predicted molar refractivity (Wildman–Crippen MR) is 88.7 cm³/mol. The lowest BCUT2D eigenvalue weighted by atomic mass is 10.1. The molecule has 0 spiro atoms. The van der Waals surface area contributed by atoms with Gasteiger partial charge in [0.15, 0.2) is 4.96 Å². The molecular weight excluding hydrogens is 276 g/mol. The van der Waals surface area contributed by atoms with Crippen molar-refractivity contribution in [2.75, 3.05) is 0 Å². The number of rotatable bonds is 2. The van der Waals surface area contributed by atoms with E-state index in [1.54, 1.807) is 11.3 Å². The predicted octanol–water partition coefficient (Wildman–Crippen LogP) is 5.04. The molecule has 2 nitrogen and oxygen atoms in total. The number of fused-ring (bicyclic) bond motifs is 1. The number of hydrogen-bond donors (Lipinski definition) is 0. The van der Waals surface area contributed by atoms with Crippen molar-refractivity contribution in [2.24, 2.45) is 0 Å². The van der Waals surface area contributed by atoms with Crippen LogP contribution in [0.3, 0.4) is 0 Å². The Kier molecular flexibility index (Phi) is 2.86. The molecule has 0 bridgehead atoms. The number of aryl methyl sites for hydroxylation is 1. The van der Waals surface area contributed by atoms with Crippen LogP contribution in [0, 0.1) is 6.92 Å². The summed E-state index contributed by atoms with van der Waals surface area (Å²) in [6, 6.07) is 20.8. The van der Waals surface area contributed by atoms with Crippen LogP contribution in [0.5, 0.6) is 0 Å². The number of aromatic nitrogens is 2. The molecule has 0 radical (unpaired) electrons. The summed E-state index contributed by atoms with van der Waals surface area (Å²) >= 11 is 1.74. The van der Waals surface area contributed by atoms with E-state index in [0.29, 0.717) is 0 Å². The van der Waals surface area contributed by atoms with Crippen molar-refractivity contribution >= 4 is 16.3 Å². The van der Waals surface area contributed by atoms with Gasteiger partial charge in [-0.25, -0.2) is 4.98 Å². The minimum Gasteiger partial charge on any atom is -0.294 e. The van der Waals surface area contributed by atoms with Crippen molar-refractivity contribution in [3.05, 3.63) is 72.6 Å². The minimum absolute atomic E-state index is 1.03. The quantitative estimate of drug-likeness (QED) is 0.505. The molecule has 0 aliphatic rings. The summed E-state index contributed by atoms with van der Waals surface area (Å²) in [5.74, 6) is 0. The van der Waals surface area contributed by atoms with Gasteiger partial charge >= 0.3 is 0 Å². The second-order valence-electron chi connectivity index (χ2n) is 5.03. The Morgan fingerprint density at radius 2 is 1.48 bits per heavy atom. The molecule has 4 rings (SSSR count). The smallest absolute Gasteiger partial charge is 0.195 e. The van der Waals surface area contributed by atoms with Crippen LogP contribution in [-0.2, 0) is 0 Å². The average molecular weight is 290 g/mol. The Morgan fingerprint density at radius 3 is 2.10 bits per heavy atom. The van der Waals surface area contributed by atoms with Gasteiger partial charge in [-0.1, -0.05) is 72.0 Å². The van der Waals surface area contributed by atoms with E-state index in [1.165, 1.54) is 16.1 Å². The van der Waals surface area contributed by atoms with E-state index in [9.17, 15) is 0 Å². The molecule has 0 aliphatic heterocycles. The Hall–Kier alpha value is -2.39. The lowest BCUT2D eigenvalue weighted by molar-refractivity contribution is 1.13. The van der Waals surface area contributed by atoms with Gasteiger partial charge in [-0.15, -0.1) is 0 Å². The van der Waals surface area contributed by atoms with Gasteiger partial charge in [0.2, 0.25) is 0 Å². The van der Waals surface area contributed by atoms with Gasteiger partial charge in [0.25, 0.3) is 0 Å². The summed E-state index contributed by atoms with van der Waals surface area (Å²) in [5, 5.41) is 0. The third-order valence-corrected chi connectivity index (χ3v) is 4.87. The van der Waals surface area contributed by atoms with Gasteiger partial charge in [0.05, 0.1) is 10.6 Å². The highest BCUT2D eigenvalue weighted by Gasteiger charge is 2.13. The summed E-state index contributed by atoms with van der Waals surface area (Å²) in [7, 11) is 0. The molecule has 102 valence electrons. The van der Waals surface area contributed by atoms with Gasteiger partial charge in [0.1, 0.15) is 0 Å². The van der Waals surface area contributed by atoms with Crippen LogP contribution in [0.15, 0.2) is 66.9 Å². The van der Waals surface area contributed by atoms with Crippen LogP contribution >= 0.6 is 11.3 Å². The van der Waals surface area contributed by atoms with E-state index < -0.39 is 0 Å². The first-order chi connectivity index (χ1) is 10.3. The summed E-state index contributed by atoms with van der Waals surface area (Å²) in [5.41, 5.74) is 4.70. The third-order valence-electron chi connectivity index (χ3n) is 3.66. The summed E-state index contributed by atoms with van der Waals surface area (Å²) in [6.45, 7) is 2.16. The van der Waals surface area contributed by atoms with E-state index in [0.717, 1.165) is 16.2 Å². The first-order valence-corrected chi connectivity index (χ1v) is 7.74. The molecular formula is C18H14N2S. The fourth-order valence-corrected chi connectivity index (χ4v) is 3.67. The van der Waals surface area contributed by atoms with Gasteiger partial charge in [0, 0.05) is 17.5 Å². The molecule has 0 amide bonds. The summed E-state index contributed by atoms with van der Waals surface area (Å²) < 4.78 is 2.19. The van der Waals surface area contributed by atoms with E-state index in [4.69, 9.17) is 4.98 Å². The number of imidazole rings is 1. The highest BCUT2D eigenvalue weighted by molar-refractivity contribution is 7.20. The van der Waals surface area contributed by atoms with Crippen molar-refractivity contribution in [3.63, 3.8) is 0 Å². The number of hydrogen-bond acceptors (Lipinski definition) is 2. The standard InChI is InChI=1S/C18H14N2S/c1-13-17(15-10-6-3-7-11-15)21-18-19-16(12-20(13)18)14-8-4-2-5-9-14/h2-12H,1H3. The van der Waals surface area contributed by atoms with Crippen LogP contribution in [0.1, 0.15) is 5.69 Å². The van der Waals surface area contributed by atoms with Crippen LogP contribution in [0.4, 0.5) is 0 Å². The van der Waals surface area contributed by atoms with Crippen LogP contribution in [0.25, 0.3) is 26.7 Å². The Morgan fingerprint density at radius 1 is 0.857 bits per heavy atom. The van der Waals surface area contributed by atoms with Crippen molar-refractivity contribution in [1.82, 2.24) is 9.38 Å². The van der Waals surface area contributed by atoms with Gasteiger partial charge < -0.3 is 0 Å².